The van der Waals surface area contributed by atoms with Gasteiger partial charge in [0.15, 0.2) is 0 Å². The monoisotopic (exact) mass is 188 g/mol. The Hall–Kier alpha value is 0.0569. The maximum Gasteiger partial charge on any atom is 0.285 e. The van der Waals surface area contributed by atoms with E-state index in [1.807, 2.05) is 7.05 Å². The molecule has 72 valence electrons. The predicted molar refractivity (Wildman–Crippen MR) is 54.2 cm³/mol. The smallest absolute Gasteiger partial charge is 0.285 e. The van der Waals surface area contributed by atoms with Crippen molar-refractivity contribution in [1.82, 2.24) is 19.8 Å². The van der Waals surface area contributed by atoms with Gasteiger partial charge in [0.05, 0.1) is 0 Å². The molecule has 4 nitrogen and oxygen atoms in total. The number of hydrogen-bond acceptors (Lipinski definition) is 4. The summed E-state index contributed by atoms with van der Waals surface area (Å²) in [7, 11) is 6.84. The average molecular weight is 188 g/mol. The van der Waals surface area contributed by atoms with E-state index in [9.17, 15) is 0 Å². The van der Waals surface area contributed by atoms with Gasteiger partial charge in [-0.25, -0.2) is 0 Å². The van der Waals surface area contributed by atoms with Crippen LogP contribution in [0.3, 0.4) is 0 Å². The highest BCUT2D eigenvalue weighted by molar-refractivity contribution is 6.73. The highest BCUT2D eigenvalue weighted by Gasteiger charge is 2.44. The summed E-state index contributed by atoms with van der Waals surface area (Å²) in [6.07, 6.45) is 0. The number of nitrogens with zero attached hydrogens (tertiary/aromatic N) is 1. The molecule has 1 heterocycles. The molecule has 3 N–H and O–H groups in total. The SMILES string of the molecule is CNC1CN(C)[Si](NC)(NC)C1. The van der Waals surface area contributed by atoms with Crippen molar-refractivity contribution in [3.05, 3.63) is 0 Å². The molecular weight excluding hydrogens is 168 g/mol. The minimum absolute atomic E-state index is 0.640. The van der Waals surface area contributed by atoms with Crippen molar-refractivity contribution in [2.45, 2.75) is 12.1 Å². The molecular formula is C7H20N4Si. The first kappa shape index (κ1) is 10.1. The molecule has 0 aliphatic carbocycles. The molecule has 0 aromatic rings. The summed E-state index contributed by atoms with van der Waals surface area (Å²) in [6, 6.07) is 1.87. The van der Waals surface area contributed by atoms with Gasteiger partial charge in [-0.05, 0) is 34.2 Å². The molecule has 1 fully saturated rings. The molecule has 5 heteroatoms. The van der Waals surface area contributed by atoms with Crippen molar-refractivity contribution in [1.29, 1.82) is 0 Å². The van der Waals surface area contributed by atoms with Crippen molar-refractivity contribution in [2.24, 2.45) is 0 Å². The Morgan fingerprint density at radius 3 is 2.08 bits per heavy atom. The molecule has 0 amide bonds. The van der Waals surface area contributed by atoms with Crippen molar-refractivity contribution < 1.29 is 0 Å². The highest BCUT2D eigenvalue weighted by Crippen LogP contribution is 2.18. The van der Waals surface area contributed by atoms with Gasteiger partial charge in [-0.15, -0.1) is 0 Å². The van der Waals surface area contributed by atoms with E-state index in [1.54, 1.807) is 0 Å². The largest absolute Gasteiger partial charge is 0.316 e. The first-order valence-corrected chi connectivity index (χ1v) is 6.60. The minimum atomic E-state index is -1.50. The molecule has 1 atom stereocenters. The van der Waals surface area contributed by atoms with E-state index in [4.69, 9.17) is 0 Å². The van der Waals surface area contributed by atoms with Crippen LogP contribution in [0.4, 0.5) is 0 Å². The Balaban J connectivity index is 2.65. The van der Waals surface area contributed by atoms with Crippen LogP contribution in [-0.4, -0.2) is 53.9 Å². The summed E-state index contributed by atoms with van der Waals surface area (Å²) in [5.41, 5.74) is 0. The molecule has 1 aliphatic rings. The molecule has 0 saturated carbocycles. The maximum absolute atomic E-state index is 3.45. The van der Waals surface area contributed by atoms with Gasteiger partial charge in [0, 0.05) is 12.6 Å². The fourth-order valence-electron chi connectivity index (χ4n) is 1.97. The minimum Gasteiger partial charge on any atom is -0.316 e. The summed E-state index contributed by atoms with van der Waals surface area (Å²) in [5, 5.41) is 3.33. The average Bonchev–Trinajstić information content (AvgIpc) is 2.43. The Morgan fingerprint density at radius 1 is 1.25 bits per heavy atom. The van der Waals surface area contributed by atoms with Crippen LogP contribution in [0, 0.1) is 0 Å². The lowest BCUT2D eigenvalue weighted by Gasteiger charge is -2.31. The zero-order valence-electron chi connectivity index (χ0n) is 8.44. The van der Waals surface area contributed by atoms with Gasteiger partial charge in [-0.1, -0.05) is 0 Å². The molecule has 1 aliphatic heterocycles. The third-order valence-corrected chi connectivity index (χ3v) is 7.15. The molecule has 1 unspecified atom stereocenters. The highest BCUT2D eigenvalue weighted by atomic mass is 28.4. The van der Waals surface area contributed by atoms with Gasteiger partial charge < -0.3 is 19.8 Å². The Morgan fingerprint density at radius 2 is 1.83 bits per heavy atom. The van der Waals surface area contributed by atoms with Gasteiger partial charge >= 0.3 is 0 Å². The van der Waals surface area contributed by atoms with Crippen molar-refractivity contribution in [3.8, 4) is 0 Å². The van der Waals surface area contributed by atoms with Gasteiger partial charge in [0.1, 0.15) is 0 Å². The number of rotatable bonds is 3. The zero-order valence-corrected chi connectivity index (χ0v) is 9.44. The third kappa shape index (κ3) is 1.55. The number of nitrogens with one attached hydrogen (secondary N) is 3. The van der Waals surface area contributed by atoms with E-state index in [0.29, 0.717) is 6.04 Å². The van der Waals surface area contributed by atoms with Crippen LogP contribution in [0.15, 0.2) is 0 Å². The van der Waals surface area contributed by atoms with E-state index in [0.717, 1.165) is 6.54 Å². The van der Waals surface area contributed by atoms with E-state index in [2.05, 4.69) is 41.0 Å². The van der Waals surface area contributed by atoms with Crippen LogP contribution < -0.4 is 15.3 Å². The van der Waals surface area contributed by atoms with Gasteiger partial charge in [0.2, 0.25) is 0 Å². The van der Waals surface area contributed by atoms with Crippen molar-refractivity contribution >= 4 is 8.56 Å². The van der Waals surface area contributed by atoms with Crippen LogP contribution in [0.1, 0.15) is 0 Å². The lowest BCUT2D eigenvalue weighted by atomic mass is 10.3. The number of likely N-dealkylation sites (N-methyl/N-ethyl adjacent to an activating group) is 2. The van der Waals surface area contributed by atoms with E-state index < -0.39 is 8.56 Å². The lowest BCUT2D eigenvalue weighted by molar-refractivity contribution is 0.476. The molecule has 0 aromatic heterocycles. The molecule has 0 radical (unpaired) electrons. The van der Waals surface area contributed by atoms with Gasteiger partial charge in [0.25, 0.3) is 8.56 Å². The number of hydrogen-bond donors (Lipinski definition) is 3. The molecule has 0 spiro atoms. The summed E-state index contributed by atoms with van der Waals surface area (Å²) in [6.45, 7) is 1.14. The maximum atomic E-state index is 3.45. The van der Waals surface area contributed by atoms with Crippen molar-refractivity contribution in [2.75, 3.05) is 34.7 Å². The van der Waals surface area contributed by atoms with Crippen LogP contribution >= 0.6 is 0 Å². The summed E-state index contributed by atoms with van der Waals surface area (Å²) in [4.78, 5) is 6.91. The Kier molecular flexibility index (Phi) is 3.25. The van der Waals surface area contributed by atoms with E-state index >= 15 is 0 Å². The fraction of sp³-hybridized carbons (Fsp3) is 1.00. The Bertz CT molecular complexity index is 148. The Labute approximate surface area is 76.0 Å². The van der Waals surface area contributed by atoms with Crippen LogP contribution in [-0.2, 0) is 0 Å². The second-order valence-corrected chi connectivity index (χ2v) is 7.32. The molecule has 0 aromatic carbocycles. The first-order valence-electron chi connectivity index (χ1n) is 4.45. The third-order valence-electron chi connectivity index (χ3n) is 2.92. The quantitative estimate of drug-likeness (QED) is 0.492. The topological polar surface area (TPSA) is 39.3 Å². The first-order chi connectivity index (χ1) is 5.68. The molecule has 0 bridgehead atoms. The standard InChI is InChI=1S/C7H20N4Si/c1-8-7-5-11(4)12(6-7,9-2)10-3/h7-10H,5-6H2,1-4H3. The summed E-state index contributed by atoms with van der Waals surface area (Å²) in [5.74, 6) is 0. The second kappa shape index (κ2) is 3.84. The van der Waals surface area contributed by atoms with E-state index in [-0.39, 0.29) is 0 Å². The second-order valence-electron chi connectivity index (χ2n) is 3.43. The predicted octanol–water partition coefficient (Wildman–Crippen LogP) is -1.10. The van der Waals surface area contributed by atoms with Crippen LogP contribution in [0.25, 0.3) is 0 Å². The normalized spacial score (nSPS) is 29.5. The molecule has 1 rings (SSSR count). The van der Waals surface area contributed by atoms with Crippen LogP contribution in [0.5, 0.6) is 0 Å². The summed E-state index contributed by atoms with van der Waals surface area (Å²) < 4.78 is 2.44. The lowest BCUT2D eigenvalue weighted by Crippen LogP contribution is -2.67. The van der Waals surface area contributed by atoms with Crippen molar-refractivity contribution in [3.63, 3.8) is 0 Å². The molecule has 1 saturated heterocycles. The van der Waals surface area contributed by atoms with Gasteiger partial charge in [-0.3, -0.25) is 0 Å². The zero-order chi connectivity index (χ0) is 9.19. The fourth-order valence-corrected chi connectivity index (χ4v) is 5.28. The van der Waals surface area contributed by atoms with Crippen LogP contribution in [0.2, 0.25) is 6.04 Å². The van der Waals surface area contributed by atoms with E-state index in [1.165, 1.54) is 6.04 Å². The summed E-state index contributed by atoms with van der Waals surface area (Å²) >= 11 is 0. The molecule has 12 heavy (non-hydrogen) atoms. The van der Waals surface area contributed by atoms with Gasteiger partial charge in [-0.2, -0.15) is 0 Å².